The van der Waals surface area contributed by atoms with Crippen LogP contribution in [0.5, 0.6) is 0 Å². The van der Waals surface area contributed by atoms with E-state index in [0.29, 0.717) is 25.8 Å². The summed E-state index contributed by atoms with van der Waals surface area (Å²) in [6.07, 6.45) is 1.88. The zero-order valence-corrected chi connectivity index (χ0v) is 10.8. The topological polar surface area (TPSA) is 49.4 Å². The Morgan fingerprint density at radius 3 is 2.53 bits per heavy atom. The zero-order valence-electron chi connectivity index (χ0n) is 10.8. The average molecular weight is 236 g/mol. The molecule has 4 heteroatoms. The van der Waals surface area contributed by atoms with Crippen LogP contribution in [0, 0.1) is 11.8 Å². The zero-order chi connectivity index (χ0) is 12.9. The highest BCUT2D eigenvalue weighted by Gasteiger charge is 2.43. The van der Waals surface area contributed by atoms with Crippen LogP contribution in [0.1, 0.15) is 40.0 Å². The van der Waals surface area contributed by atoms with Crippen LogP contribution in [0.15, 0.2) is 0 Å². The summed E-state index contributed by atoms with van der Waals surface area (Å²) >= 11 is 0. The molecule has 0 unspecified atom stereocenters. The number of piperazine rings is 1. The van der Waals surface area contributed by atoms with Gasteiger partial charge in [-0.25, -0.2) is 0 Å². The first-order valence-electron chi connectivity index (χ1n) is 6.09. The lowest BCUT2D eigenvalue weighted by atomic mass is 9.89. The fourth-order valence-electron chi connectivity index (χ4n) is 2.13. The molecule has 17 heavy (non-hydrogen) atoms. The summed E-state index contributed by atoms with van der Waals surface area (Å²) < 4.78 is 0. The van der Waals surface area contributed by atoms with Crippen LogP contribution in [0.25, 0.3) is 0 Å². The Morgan fingerprint density at radius 1 is 1.35 bits per heavy atom. The Balaban J connectivity index is 2.80. The van der Waals surface area contributed by atoms with Gasteiger partial charge in [0.05, 0.1) is 6.54 Å². The molecule has 1 saturated heterocycles. The highest BCUT2D eigenvalue weighted by Crippen LogP contribution is 2.22. The first-order valence-corrected chi connectivity index (χ1v) is 6.09. The van der Waals surface area contributed by atoms with Crippen molar-refractivity contribution >= 4 is 11.8 Å². The minimum absolute atomic E-state index is 0.0278. The average Bonchev–Trinajstić information content (AvgIpc) is 2.33. The van der Waals surface area contributed by atoms with Crippen molar-refractivity contribution in [2.75, 3.05) is 13.1 Å². The summed E-state index contributed by atoms with van der Waals surface area (Å²) in [5, 5.41) is 2.83. The van der Waals surface area contributed by atoms with Crippen LogP contribution in [0.3, 0.4) is 0 Å². The highest BCUT2D eigenvalue weighted by atomic mass is 16.2. The minimum Gasteiger partial charge on any atom is -0.340 e. The maximum atomic E-state index is 12.3. The molecule has 0 atom stereocenters. The summed E-state index contributed by atoms with van der Waals surface area (Å²) in [5.74, 6) is 5.67. The summed E-state index contributed by atoms with van der Waals surface area (Å²) in [4.78, 5) is 25.6. The van der Waals surface area contributed by atoms with Crippen molar-refractivity contribution in [2.24, 2.45) is 0 Å². The SMILES string of the molecule is CC#CCCN1CC(=O)NC(CC)(CC)C1=O. The molecule has 1 fully saturated rings. The van der Waals surface area contributed by atoms with Crippen LogP contribution in [-0.4, -0.2) is 35.3 Å². The normalized spacial score (nSPS) is 18.4. The number of nitrogens with zero attached hydrogens (tertiary/aromatic N) is 1. The first-order chi connectivity index (χ1) is 8.09. The lowest BCUT2D eigenvalue weighted by molar-refractivity contribution is -0.150. The first kappa shape index (κ1) is 13.6. The standard InChI is InChI=1S/C13H20N2O2/c1-4-7-8-9-15-10-11(16)14-13(5-2,6-3)12(15)17/h5-6,8-10H2,1-3H3,(H,14,16). The number of amides is 2. The van der Waals surface area contributed by atoms with Crippen LogP contribution < -0.4 is 5.32 Å². The Morgan fingerprint density at radius 2 is 2.00 bits per heavy atom. The molecule has 1 aliphatic heterocycles. The van der Waals surface area contributed by atoms with E-state index in [9.17, 15) is 9.59 Å². The Bertz CT molecular complexity index is 361. The van der Waals surface area contributed by atoms with Gasteiger partial charge in [-0.2, -0.15) is 0 Å². The predicted molar refractivity (Wildman–Crippen MR) is 66.1 cm³/mol. The van der Waals surface area contributed by atoms with Crippen molar-refractivity contribution in [1.82, 2.24) is 10.2 Å². The second-order valence-corrected chi connectivity index (χ2v) is 4.24. The molecule has 0 spiro atoms. The van der Waals surface area contributed by atoms with Gasteiger partial charge in [0.2, 0.25) is 11.8 Å². The number of nitrogens with one attached hydrogen (secondary N) is 1. The predicted octanol–water partition coefficient (Wildman–Crippen LogP) is 0.917. The van der Waals surface area contributed by atoms with E-state index in [4.69, 9.17) is 0 Å². The molecule has 2 amide bonds. The maximum absolute atomic E-state index is 12.3. The van der Waals surface area contributed by atoms with Gasteiger partial charge < -0.3 is 10.2 Å². The summed E-state index contributed by atoms with van der Waals surface area (Å²) in [6.45, 7) is 6.32. The van der Waals surface area contributed by atoms with Crippen LogP contribution >= 0.6 is 0 Å². The molecule has 1 rings (SSSR count). The van der Waals surface area contributed by atoms with Gasteiger partial charge in [-0.15, -0.1) is 11.8 Å². The number of hydrogen-bond donors (Lipinski definition) is 1. The fraction of sp³-hybridized carbons (Fsp3) is 0.692. The van der Waals surface area contributed by atoms with Crippen molar-refractivity contribution in [1.29, 1.82) is 0 Å². The van der Waals surface area contributed by atoms with E-state index in [0.717, 1.165) is 0 Å². The van der Waals surface area contributed by atoms with Gasteiger partial charge in [-0.05, 0) is 19.8 Å². The largest absolute Gasteiger partial charge is 0.340 e. The molecule has 1 N–H and O–H groups in total. The number of rotatable bonds is 4. The molecule has 0 aliphatic carbocycles. The van der Waals surface area contributed by atoms with E-state index in [1.165, 1.54) is 0 Å². The monoisotopic (exact) mass is 236 g/mol. The van der Waals surface area contributed by atoms with E-state index >= 15 is 0 Å². The van der Waals surface area contributed by atoms with Gasteiger partial charge in [0, 0.05) is 13.0 Å². The van der Waals surface area contributed by atoms with E-state index < -0.39 is 5.54 Å². The number of carbonyl (C=O) groups is 2. The Hall–Kier alpha value is -1.50. The smallest absolute Gasteiger partial charge is 0.248 e. The van der Waals surface area contributed by atoms with Crippen molar-refractivity contribution in [3.8, 4) is 11.8 Å². The highest BCUT2D eigenvalue weighted by molar-refractivity contribution is 5.97. The second-order valence-electron chi connectivity index (χ2n) is 4.24. The van der Waals surface area contributed by atoms with Gasteiger partial charge in [-0.1, -0.05) is 13.8 Å². The van der Waals surface area contributed by atoms with Gasteiger partial charge in [-0.3, -0.25) is 9.59 Å². The fourth-order valence-corrected chi connectivity index (χ4v) is 2.13. The third-order valence-electron chi connectivity index (χ3n) is 3.30. The van der Waals surface area contributed by atoms with Gasteiger partial charge in [0.25, 0.3) is 0 Å². The molecule has 94 valence electrons. The number of carbonyl (C=O) groups excluding carboxylic acids is 2. The lowest BCUT2D eigenvalue weighted by Gasteiger charge is -2.41. The van der Waals surface area contributed by atoms with Crippen LogP contribution in [0.4, 0.5) is 0 Å². The Labute approximate surface area is 103 Å². The molecule has 0 bridgehead atoms. The molecule has 0 aromatic heterocycles. The van der Waals surface area contributed by atoms with Gasteiger partial charge >= 0.3 is 0 Å². The van der Waals surface area contributed by atoms with E-state index in [-0.39, 0.29) is 18.4 Å². The molecule has 0 saturated carbocycles. The molecule has 0 aromatic rings. The van der Waals surface area contributed by atoms with Gasteiger partial charge in [0.1, 0.15) is 5.54 Å². The van der Waals surface area contributed by atoms with Crippen molar-refractivity contribution in [3.05, 3.63) is 0 Å². The van der Waals surface area contributed by atoms with E-state index in [1.807, 2.05) is 13.8 Å². The number of hydrogen-bond acceptors (Lipinski definition) is 2. The summed E-state index contributed by atoms with van der Waals surface area (Å²) in [6, 6.07) is 0. The van der Waals surface area contributed by atoms with Crippen molar-refractivity contribution < 1.29 is 9.59 Å². The summed E-state index contributed by atoms with van der Waals surface area (Å²) in [5.41, 5.74) is -0.699. The van der Waals surface area contributed by atoms with Crippen molar-refractivity contribution in [2.45, 2.75) is 45.6 Å². The molecule has 1 aliphatic rings. The third-order valence-corrected chi connectivity index (χ3v) is 3.30. The van der Waals surface area contributed by atoms with Crippen LogP contribution in [-0.2, 0) is 9.59 Å². The molecular weight excluding hydrogens is 216 g/mol. The molecule has 0 aromatic carbocycles. The molecule has 1 heterocycles. The third kappa shape index (κ3) is 2.79. The Kier molecular flexibility index (Phi) is 4.56. The van der Waals surface area contributed by atoms with E-state index in [2.05, 4.69) is 17.2 Å². The molecule has 4 nitrogen and oxygen atoms in total. The van der Waals surface area contributed by atoms with Gasteiger partial charge in [0.15, 0.2) is 0 Å². The second kappa shape index (κ2) is 5.72. The summed E-state index contributed by atoms with van der Waals surface area (Å²) in [7, 11) is 0. The van der Waals surface area contributed by atoms with E-state index in [1.54, 1.807) is 11.8 Å². The lowest BCUT2D eigenvalue weighted by Crippen LogP contribution is -2.66. The molecular formula is C13H20N2O2. The molecule has 0 radical (unpaired) electrons. The van der Waals surface area contributed by atoms with Crippen LogP contribution in [0.2, 0.25) is 0 Å². The maximum Gasteiger partial charge on any atom is 0.248 e. The van der Waals surface area contributed by atoms with Crippen molar-refractivity contribution in [3.63, 3.8) is 0 Å². The quantitative estimate of drug-likeness (QED) is 0.738. The minimum atomic E-state index is -0.699.